The summed E-state index contributed by atoms with van der Waals surface area (Å²) in [5, 5.41) is 0. The Bertz CT molecular complexity index is 1060. The Kier molecular flexibility index (Phi) is 5.79. The van der Waals surface area contributed by atoms with Gasteiger partial charge in [0.15, 0.2) is 0 Å². The molecule has 2 aromatic carbocycles. The zero-order valence-electron chi connectivity index (χ0n) is 17.6. The van der Waals surface area contributed by atoms with Gasteiger partial charge in [-0.1, -0.05) is 23.8 Å². The third-order valence-electron chi connectivity index (χ3n) is 5.84. The molecule has 1 heterocycles. The van der Waals surface area contributed by atoms with Crippen molar-refractivity contribution in [3.63, 3.8) is 0 Å². The van der Waals surface area contributed by atoms with Gasteiger partial charge in [0.2, 0.25) is 5.91 Å². The number of nitrogens with zero attached hydrogens (tertiary/aromatic N) is 2. The van der Waals surface area contributed by atoms with E-state index < -0.39 is 11.7 Å². The molecule has 1 aliphatic heterocycles. The number of hydrogen-bond donors (Lipinski definition) is 0. The Hall–Kier alpha value is -3.16. The van der Waals surface area contributed by atoms with Crippen molar-refractivity contribution in [2.45, 2.75) is 51.4 Å². The van der Waals surface area contributed by atoms with Gasteiger partial charge in [0.05, 0.1) is 16.7 Å². The van der Waals surface area contributed by atoms with Crippen LogP contribution in [0.5, 0.6) is 0 Å². The van der Waals surface area contributed by atoms with E-state index >= 15 is 0 Å². The van der Waals surface area contributed by atoms with Crippen LogP contribution in [0.15, 0.2) is 42.5 Å². The number of carbonyl (C=O) groups excluding carboxylic acids is 3. The first kappa shape index (κ1) is 22.0. The van der Waals surface area contributed by atoms with Crippen LogP contribution >= 0.6 is 0 Å². The minimum atomic E-state index is -4.40. The van der Waals surface area contributed by atoms with Crippen molar-refractivity contribution >= 4 is 17.7 Å². The Labute approximate surface area is 183 Å². The van der Waals surface area contributed by atoms with Crippen LogP contribution in [-0.4, -0.2) is 40.1 Å². The second kappa shape index (κ2) is 8.41. The molecule has 0 bridgehead atoms. The molecule has 1 aliphatic carbocycles. The van der Waals surface area contributed by atoms with Crippen LogP contribution in [0, 0.1) is 6.92 Å². The average Bonchev–Trinajstić information content (AvgIpc) is 3.55. The standard InChI is InChI=1S/C24H23F3N2O3/c1-15-4-11-19-20(13-15)23(32)28(22(19)31)12-2-3-21(30)29(18-9-10-18)14-16-5-7-17(8-6-16)24(25,26)27/h4-8,11,13,18H,2-3,9-10,12,14H2,1H3. The molecular weight excluding hydrogens is 421 g/mol. The van der Waals surface area contributed by atoms with Crippen molar-refractivity contribution in [3.8, 4) is 0 Å². The third kappa shape index (κ3) is 4.54. The Morgan fingerprint density at radius 2 is 1.69 bits per heavy atom. The second-order valence-corrected chi connectivity index (χ2v) is 8.36. The number of benzene rings is 2. The third-order valence-corrected chi connectivity index (χ3v) is 5.84. The van der Waals surface area contributed by atoms with Crippen LogP contribution in [0.25, 0.3) is 0 Å². The Morgan fingerprint density at radius 3 is 2.31 bits per heavy atom. The monoisotopic (exact) mass is 444 g/mol. The van der Waals surface area contributed by atoms with Gasteiger partial charge in [-0.2, -0.15) is 13.2 Å². The number of hydrogen-bond acceptors (Lipinski definition) is 3. The molecule has 1 fully saturated rings. The van der Waals surface area contributed by atoms with E-state index in [1.807, 2.05) is 6.92 Å². The smallest absolute Gasteiger partial charge is 0.335 e. The number of fused-ring (bicyclic) bond motifs is 1. The summed E-state index contributed by atoms with van der Waals surface area (Å²) in [5.41, 5.74) is 1.58. The Balaban J connectivity index is 1.34. The van der Waals surface area contributed by atoms with Crippen LogP contribution in [0.1, 0.15) is 63.1 Å². The molecule has 1 saturated carbocycles. The van der Waals surface area contributed by atoms with Crippen LogP contribution in [0.2, 0.25) is 0 Å². The van der Waals surface area contributed by atoms with Crippen molar-refractivity contribution < 1.29 is 27.6 Å². The van der Waals surface area contributed by atoms with Crippen LogP contribution in [0.3, 0.4) is 0 Å². The fraction of sp³-hybridized carbons (Fsp3) is 0.375. The maximum Gasteiger partial charge on any atom is 0.416 e. The van der Waals surface area contributed by atoms with Gasteiger partial charge in [-0.15, -0.1) is 0 Å². The zero-order chi connectivity index (χ0) is 23.0. The van der Waals surface area contributed by atoms with Crippen molar-refractivity contribution in [1.29, 1.82) is 0 Å². The number of aryl methyl sites for hydroxylation is 1. The van der Waals surface area contributed by atoms with E-state index in [0.717, 1.165) is 30.5 Å². The van der Waals surface area contributed by atoms with Crippen molar-refractivity contribution in [2.75, 3.05) is 6.54 Å². The summed E-state index contributed by atoms with van der Waals surface area (Å²) in [6, 6.07) is 10.1. The van der Waals surface area contributed by atoms with Gasteiger partial charge in [-0.3, -0.25) is 19.3 Å². The van der Waals surface area contributed by atoms with Crippen LogP contribution in [0.4, 0.5) is 13.2 Å². The molecule has 3 amide bonds. The summed E-state index contributed by atoms with van der Waals surface area (Å²) < 4.78 is 38.3. The molecule has 0 atom stereocenters. The molecule has 2 aliphatic rings. The summed E-state index contributed by atoms with van der Waals surface area (Å²) >= 11 is 0. The van der Waals surface area contributed by atoms with Crippen molar-refractivity contribution in [2.24, 2.45) is 0 Å². The van der Waals surface area contributed by atoms with Crippen molar-refractivity contribution in [3.05, 3.63) is 70.3 Å². The van der Waals surface area contributed by atoms with Gasteiger partial charge in [-0.05, 0) is 56.0 Å². The largest absolute Gasteiger partial charge is 0.416 e. The summed E-state index contributed by atoms with van der Waals surface area (Å²) in [4.78, 5) is 40.7. The molecule has 0 radical (unpaired) electrons. The van der Waals surface area contributed by atoms with E-state index in [1.54, 1.807) is 23.1 Å². The SMILES string of the molecule is Cc1ccc2c(c1)C(=O)N(CCCC(=O)N(Cc1ccc(C(F)(F)F)cc1)C1CC1)C2=O. The van der Waals surface area contributed by atoms with Gasteiger partial charge >= 0.3 is 6.18 Å². The number of alkyl halides is 3. The average molecular weight is 444 g/mol. The molecule has 4 rings (SSSR count). The molecular formula is C24H23F3N2O3. The molecule has 0 saturated heterocycles. The normalized spacial score (nSPS) is 15.8. The predicted molar refractivity (Wildman–Crippen MR) is 111 cm³/mol. The minimum absolute atomic E-state index is 0.0899. The van der Waals surface area contributed by atoms with E-state index in [1.165, 1.54) is 17.0 Å². The molecule has 0 aromatic heterocycles. The molecule has 8 heteroatoms. The highest BCUT2D eigenvalue weighted by atomic mass is 19.4. The van der Waals surface area contributed by atoms with E-state index in [4.69, 9.17) is 0 Å². The predicted octanol–water partition coefficient (Wildman–Crippen LogP) is 4.58. The van der Waals surface area contributed by atoms with Gasteiger partial charge in [0, 0.05) is 25.6 Å². The fourth-order valence-corrected chi connectivity index (χ4v) is 3.94. The first-order chi connectivity index (χ1) is 15.1. The quantitative estimate of drug-likeness (QED) is 0.588. The first-order valence-electron chi connectivity index (χ1n) is 10.6. The van der Waals surface area contributed by atoms with E-state index in [9.17, 15) is 27.6 Å². The Morgan fingerprint density at radius 1 is 1.03 bits per heavy atom. The molecule has 5 nitrogen and oxygen atoms in total. The van der Waals surface area contributed by atoms with Gasteiger partial charge < -0.3 is 4.90 Å². The van der Waals surface area contributed by atoms with Crippen LogP contribution in [-0.2, 0) is 17.5 Å². The number of imide groups is 1. The highest BCUT2D eigenvalue weighted by Gasteiger charge is 2.36. The minimum Gasteiger partial charge on any atom is -0.335 e. The molecule has 2 aromatic rings. The lowest BCUT2D eigenvalue weighted by atomic mass is 10.1. The van der Waals surface area contributed by atoms with Crippen molar-refractivity contribution in [1.82, 2.24) is 9.80 Å². The topological polar surface area (TPSA) is 57.7 Å². The zero-order valence-corrected chi connectivity index (χ0v) is 17.6. The maximum absolute atomic E-state index is 12.8. The number of halogens is 3. The molecule has 0 spiro atoms. The number of carbonyl (C=O) groups is 3. The maximum atomic E-state index is 12.8. The second-order valence-electron chi connectivity index (χ2n) is 8.36. The summed E-state index contributed by atoms with van der Waals surface area (Å²) in [6.07, 6.45) is -2.18. The number of rotatable bonds is 7. The summed E-state index contributed by atoms with van der Waals surface area (Å²) in [7, 11) is 0. The van der Waals surface area contributed by atoms with E-state index in [0.29, 0.717) is 23.1 Å². The number of amides is 3. The molecule has 32 heavy (non-hydrogen) atoms. The summed E-state index contributed by atoms with van der Waals surface area (Å²) in [6.45, 7) is 2.24. The molecule has 0 N–H and O–H groups in total. The lowest BCUT2D eigenvalue weighted by Crippen LogP contribution is -2.34. The van der Waals surface area contributed by atoms with Gasteiger partial charge in [0.1, 0.15) is 0 Å². The molecule has 168 valence electrons. The van der Waals surface area contributed by atoms with E-state index in [-0.39, 0.29) is 43.3 Å². The summed E-state index contributed by atoms with van der Waals surface area (Å²) in [5.74, 6) is -0.814. The van der Waals surface area contributed by atoms with Crippen LogP contribution < -0.4 is 0 Å². The van der Waals surface area contributed by atoms with Gasteiger partial charge in [0.25, 0.3) is 11.8 Å². The first-order valence-corrected chi connectivity index (χ1v) is 10.6. The lowest BCUT2D eigenvalue weighted by Gasteiger charge is -2.23. The highest BCUT2D eigenvalue weighted by molar-refractivity contribution is 6.21. The lowest BCUT2D eigenvalue weighted by molar-refractivity contribution is -0.137. The highest BCUT2D eigenvalue weighted by Crippen LogP contribution is 2.32. The van der Waals surface area contributed by atoms with Gasteiger partial charge in [-0.25, -0.2) is 0 Å². The molecule has 0 unspecified atom stereocenters. The van der Waals surface area contributed by atoms with E-state index in [2.05, 4.69) is 0 Å². The fourth-order valence-electron chi connectivity index (χ4n) is 3.94.